The maximum atomic E-state index is 11.8. The number of aryl methyl sites for hydroxylation is 1. The van der Waals surface area contributed by atoms with E-state index in [1.807, 2.05) is 20.8 Å². The van der Waals surface area contributed by atoms with Crippen molar-refractivity contribution in [1.82, 2.24) is 15.1 Å². The second kappa shape index (κ2) is 6.10. The minimum atomic E-state index is -0.0947. The Morgan fingerprint density at radius 2 is 2.28 bits per heavy atom. The van der Waals surface area contributed by atoms with E-state index in [1.54, 1.807) is 4.68 Å². The second-order valence-electron chi connectivity index (χ2n) is 4.32. The van der Waals surface area contributed by atoms with Gasteiger partial charge in [-0.25, -0.2) is 0 Å². The zero-order chi connectivity index (χ0) is 13.7. The number of carbonyl (C=O) groups is 1. The molecule has 0 aliphatic rings. The minimum Gasteiger partial charge on any atom is -0.396 e. The first-order valence-corrected chi connectivity index (χ1v) is 6.01. The van der Waals surface area contributed by atoms with Crippen molar-refractivity contribution >= 4 is 11.6 Å². The molecule has 5 nitrogen and oxygen atoms in total. The van der Waals surface area contributed by atoms with Crippen molar-refractivity contribution in [2.24, 2.45) is 0 Å². The van der Waals surface area contributed by atoms with E-state index < -0.39 is 0 Å². The normalized spacial score (nSPS) is 11.9. The Kier molecular flexibility index (Phi) is 4.78. The van der Waals surface area contributed by atoms with Gasteiger partial charge >= 0.3 is 0 Å². The molecule has 0 saturated carbocycles. The Morgan fingerprint density at radius 1 is 1.61 bits per heavy atom. The monoisotopic (exact) mass is 248 g/mol. The van der Waals surface area contributed by atoms with Gasteiger partial charge in [0.1, 0.15) is 6.54 Å². The van der Waals surface area contributed by atoms with E-state index in [0.717, 1.165) is 17.8 Å². The Balaban J connectivity index is 2.65. The Hall–Kier alpha value is -1.96. The lowest BCUT2D eigenvalue weighted by Gasteiger charge is -2.14. The molecule has 1 rings (SSSR count). The zero-order valence-corrected chi connectivity index (χ0v) is 11.2. The minimum absolute atomic E-state index is 0.0248. The van der Waals surface area contributed by atoms with Crippen LogP contribution in [0.5, 0.6) is 0 Å². The first-order chi connectivity index (χ1) is 8.49. The summed E-state index contributed by atoms with van der Waals surface area (Å²) in [7, 11) is 0. The van der Waals surface area contributed by atoms with Crippen LogP contribution in [0.4, 0.5) is 5.69 Å². The number of nitrogen functional groups attached to an aromatic ring is 1. The van der Waals surface area contributed by atoms with Gasteiger partial charge in [-0.15, -0.1) is 12.3 Å². The third-order valence-electron chi connectivity index (χ3n) is 2.95. The van der Waals surface area contributed by atoms with E-state index in [0.29, 0.717) is 12.1 Å². The topological polar surface area (TPSA) is 72.9 Å². The number of nitrogens with zero attached hydrogens (tertiary/aromatic N) is 2. The molecule has 3 N–H and O–H groups in total. The number of carbonyl (C=O) groups excluding carboxylic acids is 1. The van der Waals surface area contributed by atoms with E-state index in [-0.39, 0.29) is 18.5 Å². The van der Waals surface area contributed by atoms with Gasteiger partial charge in [0.05, 0.1) is 17.1 Å². The van der Waals surface area contributed by atoms with Gasteiger partial charge in [0.25, 0.3) is 0 Å². The predicted molar refractivity (Wildman–Crippen MR) is 71.8 cm³/mol. The molecule has 0 saturated heterocycles. The van der Waals surface area contributed by atoms with Gasteiger partial charge in [-0.2, -0.15) is 5.10 Å². The molecular formula is C13H20N4O. The van der Waals surface area contributed by atoms with Crippen LogP contribution in [0.1, 0.15) is 31.2 Å². The summed E-state index contributed by atoms with van der Waals surface area (Å²) in [6.07, 6.45) is 6.60. The molecule has 1 atom stereocenters. The second-order valence-corrected chi connectivity index (χ2v) is 4.32. The summed E-state index contributed by atoms with van der Waals surface area (Å²) in [5, 5.41) is 7.11. The number of rotatable bonds is 5. The fourth-order valence-electron chi connectivity index (χ4n) is 1.71. The standard InChI is InChI=1S/C13H20N4O/c1-5-7-11(6-2)15-12(18)8-17-10(4)13(14)9(3)16-17/h1,11H,6-8,14H2,2-4H3,(H,15,18). The SMILES string of the molecule is C#CCC(CC)NC(=O)Cn1nc(C)c(N)c1C. The lowest BCUT2D eigenvalue weighted by atomic mass is 10.1. The van der Waals surface area contributed by atoms with E-state index in [9.17, 15) is 4.79 Å². The van der Waals surface area contributed by atoms with Gasteiger partial charge in [-0.3, -0.25) is 9.48 Å². The van der Waals surface area contributed by atoms with Gasteiger partial charge in [0.2, 0.25) is 5.91 Å². The van der Waals surface area contributed by atoms with Crippen molar-refractivity contribution in [1.29, 1.82) is 0 Å². The third kappa shape index (κ3) is 3.27. The molecule has 0 aliphatic carbocycles. The van der Waals surface area contributed by atoms with Crippen molar-refractivity contribution < 1.29 is 4.79 Å². The van der Waals surface area contributed by atoms with Gasteiger partial charge in [0.15, 0.2) is 0 Å². The molecule has 0 fully saturated rings. The number of nitrogens with one attached hydrogen (secondary N) is 1. The summed E-state index contributed by atoms with van der Waals surface area (Å²) in [6, 6.07) is 0.0248. The highest BCUT2D eigenvalue weighted by Crippen LogP contribution is 2.14. The highest BCUT2D eigenvalue weighted by molar-refractivity contribution is 5.76. The molecular weight excluding hydrogens is 228 g/mol. The molecule has 0 radical (unpaired) electrons. The summed E-state index contributed by atoms with van der Waals surface area (Å²) >= 11 is 0. The molecule has 1 unspecified atom stereocenters. The molecule has 0 aliphatic heterocycles. The highest BCUT2D eigenvalue weighted by Gasteiger charge is 2.13. The first-order valence-electron chi connectivity index (χ1n) is 6.01. The number of hydrogen-bond donors (Lipinski definition) is 2. The van der Waals surface area contributed by atoms with Crippen LogP contribution < -0.4 is 11.1 Å². The summed E-state index contributed by atoms with van der Waals surface area (Å²) in [6.45, 7) is 5.83. The smallest absolute Gasteiger partial charge is 0.241 e. The molecule has 1 aromatic heterocycles. The maximum absolute atomic E-state index is 11.8. The van der Waals surface area contributed by atoms with E-state index in [2.05, 4.69) is 16.3 Å². The molecule has 1 aromatic rings. The van der Waals surface area contributed by atoms with Gasteiger partial charge in [-0.1, -0.05) is 6.92 Å². The van der Waals surface area contributed by atoms with Gasteiger partial charge in [0, 0.05) is 12.5 Å². The third-order valence-corrected chi connectivity index (χ3v) is 2.95. The Bertz CT molecular complexity index is 470. The first kappa shape index (κ1) is 14.1. The van der Waals surface area contributed by atoms with E-state index in [1.165, 1.54) is 0 Å². The Labute approximate surface area is 108 Å². The van der Waals surface area contributed by atoms with Gasteiger partial charge in [-0.05, 0) is 20.3 Å². The average molecular weight is 248 g/mol. The molecule has 0 aromatic carbocycles. The van der Waals surface area contributed by atoms with Crippen molar-refractivity contribution in [2.75, 3.05) is 5.73 Å². The molecule has 0 bridgehead atoms. The van der Waals surface area contributed by atoms with Crippen LogP contribution >= 0.6 is 0 Å². The predicted octanol–water partition coefficient (Wildman–Crippen LogP) is 1.00. The molecule has 18 heavy (non-hydrogen) atoms. The fourth-order valence-corrected chi connectivity index (χ4v) is 1.71. The van der Waals surface area contributed by atoms with Crippen LogP contribution in [-0.2, 0) is 11.3 Å². The molecule has 0 spiro atoms. The van der Waals surface area contributed by atoms with Crippen molar-refractivity contribution in [3.8, 4) is 12.3 Å². The largest absolute Gasteiger partial charge is 0.396 e. The Morgan fingerprint density at radius 3 is 2.72 bits per heavy atom. The number of aromatic nitrogens is 2. The molecule has 5 heteroatoms. The van der Waals surface area contributed by atoms with Crippen LogP contribution in [0.2, 0.25) is 0 Å². The summed E-state index contributed by atoms with van der Waals surface area (Å²) in [4.78, 5) is 11.8. The van der Waals surface area contributed by atoms with Crippen molar-refractivity contribution in [2.45, 2.75) is 46.2 Å². The number of hydrogen-bond acceptors (Lipinski definition) is 3. The fraction of sp³-hybridized carbons (Fsp3) is 0.538. The zero-order valence-electron chi connectivity index (χ0n) is 11.2. The van der Waals surface area contributed by atoms with Crippen LogP contribution in [0.15, 0.2) is 0 Å². The number of terminal acetylenes is 1. The lowest BCUT2D eigenvalue weighted by Crippen LogP contribution is -2.36. The maximum Gasteiger partial charge on any atom is 0.241 e. The van der Waals surface area contributed by atoms with Gasteiger partial charge < -0.3 is 11.1 Å². The van der Waals surface area contributed by atoms with Crippen LogP contribution in [-0.4, -0.2) is 21.7 Å². The summed E-state index contributed by atoms with van der Waals surface area (Å²) in [5.41, 5.74) is 8.01. The lowest BCUT2D eigenvalue weighted by molar-refractivity contribution is -0.122. The summed E-state index contributed by atoms with van der Waals surface area (Å²) < 4.78 is 1.61. The van der Waals surface area contributed by atoms with Crippen molar-refractivity contribution in [3.63, 3.8) is 0 Å². The number of nitrogens with two attached hydrogens (primary N) is 1. The van der Waals surface area contributed by atoms with Crippen LogP contribution in [0, 0.1) is 26.2 Å². The molecule has 1 heterocycles. The van der Waals surface area contributed by atoms with Crippen LogP contribution in [0.3, 0.4) is 0 Å². The van der Waals surface area contributed by atoms with E-state index in [4.69, 9.17) is 12.2 Å². The quantitative estimate of drug-likeness (QED) is 0.763. The molecule has 1 amide bonds. The van der Waals surface area contributed by atoms with E-state index >= 15 is 0 Å². The van der Waals surface area contributed by atoms with Crippen molar-refractivity contribution in [3.05, 3.63) is 11.4 Å². The number of amides is 1. The number of anilines is 1. The van der Waals surface area contributed by atoms with Crippen LogP contribution in [0.25, 0.3) is 0 Å². The summed E-state index contributed by atoms with van der Waals surface area (Å²) in [5.74, 6) is 2.46. The highest BCUT2D eigenvalue weighted by atomic mass is 16.2. The molecule has 98 valence electrons. The average Bonchev–Trinajstić information content (AvgIpc) is 2.56.